The molecule has 0 heterocycles. The van der Waals surface area contributed by atoms with Crippen molar-refractivity contribution in [2.24, 2.45) is 0 Å². The Kier molecular flexibility index (Phi) is 6.62. The molecule has 0 fully saturated rings. The van der Waals surface area contributed by atoms with Gasteiger partial charge in [0.25, 0.3) is 0 Å². The summed E-state index contributed by atoms with van der Waals surface area (Å²) in [5, 5.41) is 1.10. The van der Waals surface area contributed by atoms with Crippen molar-refractivity contribution in [2.45, 2.75) is 12.3 Å². The second-order valence-electron chi connectivity index (χ2n) is 4.98. The number of hydrogen-bond acceptors (Lipinski definition) is 2. The maximum Gasteiger partial charge on any atom is 0.232 e. The third kappa shape index (κ3) is 5.24. The lowest BCUT2D eigenvalue weighted by Gasteiger charge is -2.17. The molecule has 0 aliphatic rings. The van der Waals surface area contributed by atoms with Crippen LogP contribution >= 0.6 is 35.0 Å². The zero-order chi connectivity index (χ0) is 15.9. The van der Waals surface area contributed by atoms with E-state index in [1.807, 2.05) is 49.5 Å². The molecule has 22 heavy (non-hydrogen) atoms. The van der Waals surface area contributed by atoms with Crippen LogP contribution in [0.1, 0.15) is 11.1 Å². The van der Waals surface area contributed by atoms with Crippen molar-refractivity contribution in [3.63, 3.8) is 0 Å². The summed E-state index contributed by atoms with van der Waals surface area (Å²) < 4.78 is 0. The SMILES string of the molecule is CN(Cc1ccccc1)C(=O)CSCc1ccc(Cl)c(Cl)c1. The van der Waals surface area contributed by atoms with Gasteiger partial charge in [-0.1, -0.05) is 59.6 Å². The third-order valence-electron chi connectivity index (χ3n) is 3.17. The number of benzene rings is 2. The Morgan fingerprint density at radius 2 is 1.77 bits per heavy atom. The molecule has 1 amide bonds. The van der Waals surface area contributed by atoms with E-state index in [4.69, 9.17) is 23.2 Å². The highest BCUT2D eigenvalue weighted by molar-refractivity contribution is 7.99. The van der Waals surface area contributed by atoms with Gasteiger partial charge in [-0.25, -0.2) is 0 Å². The minimum absolute atomic E-state index is 0.119. The molecule has 2 aromatic rings. The van der Waals surface area contributed by atoms with Gasteiger partial charge in [0.1, 0.15) is 0 Å². The Balaban J connectivity index is 1.78. The van der Waals surface area contributed by atoms with Gasteiger partial charge in [-0.2, -0.15) is 0 Å². The van der Waals surface area contributed by atoms with Crippen molar-refractivity contribution < 1.29 is 4.79 Å². The molecule has 116 valence electrons. The Morgan fingerprint density at radius 1 is 1.05 bits per heavy atom. The summed E-state index contributed by atoms with van der Waals surface area (Å²) in [5.41, 5.74) is 2.20. The van der Waals surface area contributed by atoms with E-state index in [1.165, 1.54) is 0 Å². The third-order valence-corrected chi connectivity index (χ3v) is 4.89. The first-order valence-corrected chi connectivity index (χ1v) is 8.77. The van der Waals surface area contributed by atoms with Gasteiger partial charge in [-0.3, -0.25) is 4.79 Å². The van der Waals surface area contributed by atoms with E-state index in [9.17, 15) is 4.79 Å². The summed E-state index contributed by atoms with van der Waals surface area (Å²) in [6.45, 7) is 0.632. The number of hydrogen-bond donors (Lipinski definition) is 0. The first-order chi connectivity index (χ1) is 10.6. The monoisotopic (exact) mass is 353 g/mol. The van der Waals surface area contributed by atoms with Crippen LogP contribution in [-0.4, -0.2) is 23.6 Å². The van der Waals surface area contributed by atoms with Crippen LogP contribution < -0.4 is 0 Å². The molecular formula is C17H17Cl2NOS. The molecule has 0 spiro atoms. The molecule has 2 aromatic carbocycles. The molecule has 0 unspecified atom stereocenters. The fourth-order valence-corrected chi connectivity index (χ4v) is 3.17. The molecule has 0 aliphatic heterocycles. The van der Waals surface area contributed by atoms with E-state index < -0.39 is 0 Å². The fraction of sp³-hybridized carbons (Fsp3) is 0.235. The minimum Gasteiger partial charge on any atom is -0.341 e. The molecule has 0 radical (unpaired) electrons. The van der Waals surface area contributed by atoms with Gasteiger partial charge in [-0.05, 0) is 23.3 Å². The molecule has 0 bridgehead atoms. The zero-order valence-corrected chi connectivity index (χ0v) is 14.6. The minimum atomic E-state index is 0.119. The largest absolute Gasteiger partial charge is 0.341 e. The first-order valence-electron chi connectivity index (χ1n) is 6.86. The number of amides is 1. The standard InChI is InChI=1S/C17H17Cl2NOS/c1-20(10-13-5-3-2-4-6-13)17(21)12-22-11-14-7-8-15(18)16(19)9-14/h2-9H,10-12H2,1H3. The molecule has 0 aromatic heterocycles. The Morgan fingerprint density at radius 3 is 2.45 bits per heavy atom. The van der Waals surface area contributed by atoms with Crippen LogP contribution in [0.4, 0.5) is 0 Å². The van der Waals surface area contributed by atoms with Crippen molar-refractivity contribution in [2.75, 3.05) is 12.8 Å². The summed E-state index contributed by atoms with van der Waals surface area (Å²) in [5.74, 6) is 1.31. The van der Waals surface area contributed by atoms with Crippen molar-refractivity contribution in [3.8, 4) is 0 Å². The number of thioether (sulfide) groups is 1. The van der Waals surface area contributed by atoms with Crippen molar-refractivity contribution in [1.29, 1.82) is 0 Å². The second-order valence-corrected chi connectivity index (χ2v) is 6.78. The van der Waals surface area contributed by atoms with Gasteiger partial charge >= 0.3 is 0 Å². The van der Waals surface area contributed by atoms with Gasteiger partial charge in [0.15, 0.2) is 0 Å². The molecule has 2 nitrogen and oxygen atoms in total. The highest BCUT2D eigenvalue weighted by Crippen LogP contribution is 2.24. The zero-order valence-electron chi connectivity index (χ0n) is 12.3. The van der Waals surface area contributed by atoms with E-state index in [2.05, 4.69) is 0 Å². The van der Waals surface area contributed by atoms with Crippen LogP contribution in [0.3, 0.4) is 0 Å². The van der Waals surface area contributed by atoms with Gasteiger partial charge in [0.05, 0.1) is 15.8 Å². The molecular weight excluding hydrogens is 337 g/mol. The number of nitrogens with zero attached hydrogens (tertiary/aromatic N) is 1. The first kappa shape index (κ1) is 17.2. The molecule has 0 saturated heterocycles. The topological polar surface area (TPSA) is 20.3 Å². The van der Waals surface area contributed by atoms with Crippen LogP contribution in [0, 0.1) is 0 Å². The summed E-state index contributed by atoms with van der Waals surface area (Å²) in [4.78, 5) is 13.9. The van der Waals surface area contributed by atoms with E-state index in [1.54, 1.807) is 22.7 Å². The van der Waals surface area contributed by atoms with Crippen molar-refractivity contribution in [3.05, 3.63) is 69.7 Å². The quantitative estimate of drug-likeness (QED) is 0.737. The maximum absolute atomic E-state index is 12.1. The van der Waals surface area contributed by atoms with Crippen molar-refractivity contribution in [1.82, 2.24) is 4.90 Å². The van der Waals surface area contributed by atoms with Crippen LogP contribution in [0.15, 0.2) is 48.5 Å². The molecule has 0 atom stereocenters. The Bertz CT molecular complexity index is 634. The molecule has 0 aliphatic carbocycles. The molecule has 0 saturated carbocycles. The number of carbonyl (C=O) groups excluding carboxylic acids is 1. The summed E-state index contributed by atoms with van der Waals surface area (Å²) in [6, 6.07) is 15.5. The number of halogens is 2. The Hall–Kier alpha value is -1.16. The van der Waals surface area contributed by atoms with Gasteiger partial charge < -0.3 is 4.90 Å². The Labute approximate surface area is 145 Å². The van der Waals surface area contributed by atoms with Crippen LogP contribution in [-0.2, 0) is 17.1 Å². The normalized spacial score (nSPS) is 10.5. The van der Waals surface area contributed by atoms with Crippen molar-refractivity contribution >= 4 is 40.9 Å². The van der Waals surface area contributed by atoms with Crippen LogP contribution in [0.5, 0.6) is 0 Å². The van der Waals surface area contributed by atoms with Crippen LogP contribution in [0.2, 0.25) is 10.0 Å². The summed E-state index contributed by atoms with van der Waals surface area (Å²) in [7, 11) is 1.83. The fourth-order valence-electron chi connectivity index (χ4n) is 1.94. The lowest BCUT2D eigenvalue weighted by Crippen LogP contribution is -2.27. The summed E-state index contributed by atoms with van der Waals surface area (Å²) in [6.07, 6.45) is 0. The molecule has 5 heteroatoms. The predicted octanol–water partition coefficient (Wildman–Crippen LogP) is 4.89. The van der Waals surface area contributed by atoms with E-state index in [-0.39, 0.29) is 5.91 Å². The maximum atomic E-state index is 12.1. The lowest BCUT2D eigenvalue weighted by atomic mass is 10.2. The lowest BCUT2D eigenvalue weighted by molar-refractivity contribution is -0.127. The van der Waals surface area contributed by atoms with Gasteiger partial charge in [0, 0.05) is 19.3 Å². The number of carbonyl (C=O) groups is 1. The van der Waals surface area contributed by atoms with E-state index in [0.717, 1.165) is 16.9 Å². The van der Waals surface area contributed by atoms with E-state index in [0.29, 0.717) is 22.3 Å². The van der Waals surface area contributed by atoms with E-state index >= 15 is 0 Å². The average Bonchev–Trinajstić information content (AvgIpc) is 2.51. The smallest absolute Gasteiger partial charge is 0.232 e. The predicted molar refractivity (Wildman–Crippen MR) is 95.5 cm³/mol. The van der Waals surface area contributed by atoms with Gasteiger partial charge in [-0.15, -0.1) is 11.8 Å². The van der Waals surface area contributed by atoms with Gasteiger partial charge in [0.2, 0.25) is 5.91 Å². The second kappa shape index (κ2) is 8.47. The number of rotatable bonds is 6. The molecule has 2 rings (SSSR count). The summed E-state index contributed by atoms with van der Waals surface area (Å²) >= 11 is 13.4. The average molecular weight is 354 g/mol. The highest BCUT2D eigenvalue weighted by Gasteiger charge is 2.09. The van der Waals surface area contributed by atoms with Crippen LogP contribution in [0.25, 0.3) is 0 Å². The molecule has 0 N–H and O–H groups in total. The highest BCUT2D eigenvalue weighted by atomic mass is 35.5.